The predicted molar refractivity (Wildman–Crippen MR) is 94.1 cm³/mol. The summed E-state index contributed by atoms with van der Waals surface area (Å²) in [5.74, 6) is 0.974. The van der Waals surface area contributed by atoms with Gasteiger partial charge in [0.15, 0.2) is 0 Å². The SMILES string of the molecule is Cc1ccc(-c2cc(N3CCOC[C@H]3C)nc3cnn(C)c23)cn1. The zero-order valence-electron chi connectivity index (χ0n) is 14.2. The Labute approximate surface area is 141 Å². The second-order valence-electron chi connectivity index (χ2n) is 6.34. The van der Waals surface area contributed by atoms with E-state index in [-0.39, 0.29) is 0 Å². The molecule has 0 saturated carbocycles. The van der Waals surface area contributed by atoms with E-state index < -0.39 is 0 Å². The summed E-state index contributed by atoms with van der Waals surface area (Å²) in [6.45, 7) is 6.48. The van der Waals surface area contributed by atoms with Gasteiger partial charge in [0.25, 0.3) is 0 Å². The maximum absolute atomic E-state index is 5.56. The number of ether oxygens (including phenoxy) is 1. The van der Waals surface area contributed by atoms with Crippen LogP contribution in [-0.4, -0.2) is 45.5 Å². The molecule has 3 aromatic heterocycles. The third-order valence-corrected chi connectivity index (χ3v) is 4.57. The number of fused-ring (bicyclic) bond motifs is 1. The van der Waals surface area contributed by atoms with Gasteiger partial charge in [0.2, 0.25) is 0 Å². The molecule has 4 heterocycles. The van der Waals surface area contributed by atoms with Crippen LogP contribution in [0.1, 0.15) is 12.6 Å². The Bertz CT molecular complexity index is 871. The maximum Gasteiger partial charge on any atom is 0.130 e. The summed E-state index contributed by atoms with van der Waals surface area (Å²) in [6, 6.07) is 6.61. The van der Waals surface area contributed by atoms with Crippen LogP contribution < -0.4 is 4.90 Å². The molecule has 124 valence electrons. The molecule has 0 aromatic carbocycles. The summed E-state index contributed by atoms with van der Waals surface area (Å²) in [6.07, 6.45) is 3.75. The van der Waals surface area contributed by atoms with Crippen molar-refractivity contribution in [1.29, 1.82) is 0 Å². The lowest BCUT2D eigenvalue weighted by atomic mass is 10.1. The third-order valence-electron chi connectivity index (χ3n) is 4.57. The molecule has 6 nitrogen and oxygen atoms in total. The van der Waals surface area contributed by atoms with E-state index in [1.54, 1.807) is 0 Å². The molecule has 1 saturated heterocycles. The molecule has 6 heteroatoms. The Morgan fingerprint density at radius 1 is 1.25 bits per heavy atom. The van der Waals surface area contributed by atoms with Crippen LogP contribution in [-0.2, 0) is 11.8 Å². The van der Waals surface area contributed by atoms with Gasteiger partial charge < -0.3 is 9.64 Å². The molecule has 0 aliphatic carbocycles. The first-order chi connectivity index (χ1) is 11.6. The number of rotatable bonds is 2. The molecular weight excluding hydrogens is 302 g/mol. The summed E-state index contributed by atoms with van der Waals surface area (Å²) >= 11 is 0. The first-order valence-electron chi connectivity index (χ1n) is 8.23. The third kappa shape index (κ3) is 2.53. The van der Waals surface area contributed by atoms with Crippen molar-refractivity contribution in [3.8, 4) is 11.1 Å². The molecule has 0 N–H and O–H groups in total. The number of pyridine rings is 2. The van der Waals surface area contributed by atoms with Crippen LogP contribution in [0.25, 0.3) is 22.2 Å². The van der Waals surface area contributed by atoms with Crippen LogP contribution in [0.15, 0.2) is 30.6 Å². The summed E-state index contributed by atoms with van der Waals surface area (Å²) in [7, 11) is 1.95. The van der Waals surface area contributed by atoms with Crippen molar-refractivity contribution in [3.63, 3.8) is 0 Å². The minimum Gasteiger partial charge on any atom is -0.377 e. The molecule has 3 aromatic rings. The summed E-state index contributed by atoms with van der Waals surface area (Å²) in [4.78, 5) is 11.6. The molecule has 0 bridgehead atoms. The second kappa shape index (κ2) is 5.87. The van der Waals surface area contributed by atoms with E-state index in [4.69, 9.17) is 9.72 Å². The van der Waals surface area contributed by atoms with Crippen LogP contribution in [0.5, 0.6) is 0 Å². The molecule has 24 heavy (non-hydrogen) atoms. The maximum atomic E-state index is 5.56. The van der Waals surface area contributed by atoms with Crippen LogP contribution >= 0.6 is 0 Å². The minimum atomic E-state index is 0.310. The van der Waals surface area contributed by atoms with E-state index in [9.17, 15) is 0 Å². The van der Waals surface area contributed by atoms with Crippen molar-refractivity contribution in [2.45, 2.75) is 19.9 Å². The quantitative estimate of drug-likeness (QED) is 0.725. The lowest BCUT2D eigenvalue weighted by Gasteiger charge is -2.34. The van der Waals surface area contributed by atoms with E-state index >= 15 is 0 Å². The van der Waals surface area contributed by atoms with Gasteiger partial charge in [-0.2, -0.15) is 5.10 Å². The smallest absolute Gasteiger partial charge is 0.130 e. The molecule has 0 unspecified atom stereocenters. The number of hydrogen-bond donors (Lipinski definition) is 0. The Balaban J connectivity index is 1.90. The average Bonchev–Trinajstić information content (AvgIpc) is 2.96. The van der Waals surface area contributed by atoms with Crippen LogP contribution in [0.4, 0.5) is 5.82 Å². The van der Waals surface area contributed by atoms with E-state index in [0.717, 1.165) is 53.4 Å². The van der Waals surface area contributed by atoms with E-state index in [1.165, 1.54) is 0 Å². The van der Waals surface area contributed by atoms with Gasteiger partial charge in [-0.15, -0.1) is 0 Å². The van der Waals surface area contributed by atoms with Gasteiger partial charge in [-0.1, -0.05) is 6.07 Å². The van der Waals surface area contributed by atoms with Crippen molar-refractivity contribution >= 4 is 16.9 Å². The number of anilines is 1. The molecule has 0 spiro atoms. The molecular formula is C18H21N5O. The highest BCUT2D eigenvalue weighted by molar-refractivity contribution is 5.93. The number of nitrogens with zero attached hydrogens (tertiary/aromatic N) is 5. The normalized spacial score (nSPS) is 18.3. The molecule has 0 amide bonds. The zero-order valence-corrected chi connectivity index (χ0v) is 14.2. The Morgan fingerprint density at radius 3 is 2.88 bits per heavy atom. The lowest BCUT2D eigenvalue weighted by Crippen LogP contribution is -2.44. The van der Waals surface area contributed by atoms with Crippen molar-refractivity contribution in [1.82, 2.24) is 19.7 Å². The molecule has 0 radical (unpaired) electrons. The predicted octanol–water partition coefficient (Wildman–Crippen LogP) is 2.56. The second-order valence-corrected chi connectivity index (χ2v) is 6.34. The minimum absolute atomic E-state index is 0.310. The summed E-state index contributed by atoms with van der Waals surface area (Å²) in [5, 5.41) is 4.40. The first kappa shape index (κ1) is 15.1. The number of morpholine rings is 1. The van der Waals surface area contributed by atoms with Gasteiger partial charge in [-0.25, -0.2) is 4.98 Å². The fraction of sp³-hybridized carbons (Fsp3) is 0.389. The first-order valence-corrected chi connectivity index (χ1v) is 8.23. The van der Waals surface area contributed by atoms with Crippen LogP contribution in [0.2, 0.25) is 0 Å². The number of hydrogen-bond acceptors (Lipinski definition) is 5. The highest BCUT2D eigenvalue weighted by atomic mass is 16.5. The fourth-order valence-corrected chi connectivity index (χ4v) is 3.24. The highest BCUT2D eigenvalue weighted by Crippen LogP contribution is 2.31. The Hall–Kier alpha value is -2.47. The Morgan fingerprint density at radius 2 is 2.12 bits per heavy atom. The highest BCUT2D eigenvalue weighted by Gasteiger charge is 2.22. The Kier molecular flexibility index (Phi) is 3.69. The lowest BCUT2D eigenvalue weighted by molar-refractivity contribution is 0.0986. The van der Waals surface area contributed by atoms with Crippen molar-refractivity contribution in [2.75, 3.05) is 24.7 Å². The van der Waals surface area contributed by atoms with Gasteiger partial charge in [0.1, 0.15) is 11.3 Å². The topological polar surface area (TPSA) is 56.1 Å². The zero-order chi connectivity index (χ0) is 16.7. The molecule has 4 rings (SSSR count). The number of aryl methyl sites for hydroxylation is 2. The fourth-order valence-electron chi connectivity index (χ4n) is 3.24. The largest absolute Gasteiger partial charge is 0.377 e. The van der Waals surface area contributed by atoms with Crippen molar-refractivity contribution in [3.05, 3.63) is 36.3 Å². The van der Waals surface area contributed by atoms with E-state index in [0.29, 0.717) is 6.04 Å². The van der Waals surface area contributed by atoms with E-state index in [2.05, 4.69) is 34.0 Å². The van der Waals surface area contributed by atoms with Gasteiger partial charge in [-0.3, -0.25) is 9.67 Å². The van der Waals surface area contributed by atoms with Gasteiger partial charge >= 0.3 is 0 Å². The van der Waals surface area contributed by atoms with Gasteiger partial charge in [-0.05, 0) is 26.0 Å². The van der Waals surface area contributed by atoms with Gasteiger partial charge in [0.05, 0.1) is 31.0 Å². The molecule has 1 aliphatic rings. The molecule has 1 aliphatic heterocycles. The standard InChI is InChI=1S/C18H21N5O/c1-12-4-5-14(9-19-12)15-8-17(23-6-7-24-11-13(23)2)21-16-10-20-22(3)18(15)16/h4-5,8-10,13H,6-7,11H2,1-3H3/t13-/m1/s1. The number of aromatic nitrogens is 4. The summed E-state index contributed by atoms with van der Waals surface area (Å²) < 4.78 is 7.44. The molecule has 1 fully saturated rings. The van der Waals surface area contributed by atoms with Crippen LogP contribution in [0.3, 0.4) is 0 Å². The molecule has 1 atom stereocenters. The average molecular weight is 323 g/mol. The van der Waals surface area contributed by atoms with Crippen molar-refractivity contribution < 1.29 is 4.74 Å². The monoisotopic (exact) mass is 323 g/mol. The summed E-state index contributed by atoms with van der Waals surface area (Å²) in [5.41, 5.74) is 5.14. The van der Waals surface area contributed by atoms with Crippen molar-refractivity contribution in [2.24, 2.45) is 7.05 Å². The van der Waals surface area contributed by atoms with Crippen LogP contribution in [0, 0.1) is 6.92 Å². The van der Waals surface area contributed by atoms with E-state index in [1.807, 2.05) is 37.1 Å². The van der Waals surface area contributed by atoms with Gasteiger partial charge in [0, 0.05) is 36.6 Å².